The molecule has 0 radical (unpaired) electrons. The van der Waals surface area contributed by atoms with Gasteiger partial charge < -0.3 is 15.4 Å². The van der Waals surface area contributed by atoms with E-state index >= 15 is 0 Å². The first-order valence-corrected chi connectivity index (χ1v) is 9.29. The van der Waals surface area contributed by atoms with Gasteiger partial charge in [-0.3, -0.25) is 19.3 Å². The van der Waals surface area contributed by atoms with Gasteiger partial charge in [-0.05, 0) is 30.7 Å². The van der Waals surface area contributed by atoms with E-state index < -0.39 is 6.09 Å². The maximum absolute atomic E-state index is 12.2. The van der Waals surface area contributed by atoms with Crippen molar-refractivity contribution in [3.8, 4) is 5.75 Å². The topological polar surface area (TPSA) is 105 Å². The predicted octanol–water partition coefficient (Wildman–Crippen LogP) is 1.97. The molecule has 2 N–H and O–H groups in total. The van der Waals surface area contributed by atoms with E-state index in [4.69, 9.17) is 4.74 Å². The van der Waals surface area contributed by atoms with Gasteiger partial charge in [-0.1, -0.05) is 30.3 Å². The van der Waals surface area contributed by atoms with Gasteiger partial charge in [0.2, 0.25) is 5.91 Å². The molecule has 2 aromatic carbocycles. The number of hydrogen-bond donors (Lipinski definition) is 2. The molecule has 0 spiro atoms. The fraction of sp³-hybridized carbons (Fsp3) is 0.238. The van der Waals surface area contributed by atoms with E-state index in [9.17, 15) is 19.2 Å². The Bertz CT molecular complexity index is 879. The monoisotopic (exact) mass is 395 g/mol. The van der Waals surface area contributed by atoms with E-state index in [1.807, 2.05) is 6.07 Å². The highest BCUT2D eigenvalue weighted by molar-refractivity contribution is 6.21. The molecule has 3 rings (SSSR count). The molecule has 0 saturated carbocycles. The van der Waals surface area contributed by atoms with E-state index in [1.165, 1.54) is 4.90 Å². The summed E-state index contributed by atoms with van der Waals surface area (Å²) in [6.45, 7) is 0.646. The van der Waals surface area contributed by atoms with Crippen molar-refractivity contribution >= 4 is 23.8 Å². The van der Waals surface area contributed by atoms with Crippen molar-refractivity contribution in [1.29, 1.82) is 0 Å². The number of carbonyl (C=O) groups excluding carboxylic acids is 4. The van der Waals surface area contributed by atoms with E-state index in [-0.39, 0.29) is 43.8 Å². The maximum Gasteiger partial charge on any atom is 0.412 e. The molecule has 1 heterocycles. The van der Waals surface area contributed by atoms with Crippen molar-refractivity contribution < 1.29 is 23.9 Å². The van der Waals surface area contributed by atoms with Crippen molar-refractivity contribution in [2.75, 3.05) is 19.6 Å². The minimum atomic E-state index is -0.601. The summed E-state index contributed by atoms with van der Waals surface area (Å²) >= 11 is 0. The standard InChI is InChI=1S/C21H21N3O5/c25-18(22-12-13-23-21(28)29-15-7-2-1-3-8-15)11-6-14-24-19(26)16-9-4-5-10-17(16)20(24)27/h1-5,7-10H,6,11-14H2,(H,22,25)(H,23,28). The average molecular weight is 395 g/mol. The van der Waals surface area contributed by atoms with Gasteiger partial charge in [0.05, 0.1) is 11.1 Å². The lowest BCUT2D eigenvalue weighted by molar-refractivity contribution is -0.121. The van der Waals surface area contributed by atoms with Crippen LogP contribution in [0.15, 0.2) is 54.6 Å². The van der Waals surface area contributed by atoms with Crippen molar-refractivity contribution in [2.45, 2.75) is 12.8 Å². The number of fused-ring (bicyclic) bond motifs is 1. The molecular formula is C21H21N3O5. The summed E-state index contributed by atoms with van der Waals surface area (Å²) in [5.74, 6) is -0.443. The zero-order valence-corrected chi connectivity index (χ0v) is 15.7. The Hall–Kier alpha value is -3.68. The number of amides is 4. The van der Waals surface area contributed by atoms with Crippen LogP contribution in [0.5, 0.6) is 5.75 Å². The summed E-state index contributed by atoms with van der Waals surface area (Å²) in [6, 6.07) is 15.3. The van der Waals surface area contributed by atoms with Crippen LogP contribution in [-0.2, 0) is 4.79 Å². The van der Waals surface area contributed by atoms with Crippen LogP contribution >= 0.6 is 0 Å². The summed E-state index contributed by atoms with van der Waals surface area (Å²) in [7, 11) is 0. The Labute approximate surface area is 167 Å². The van der Waals surface area contributed by atoms with E-state index in [0.717, 1.165) is 0 Å². The zero-order chi connectivity index (χ0) is 20.6. The number of rotatable bonds is 8. The molecule has 0 fully saturated rings. The summed E-state index contributed by atoms with van der Waals surface area (Å²) in [6.07, 6.45) is -0.0705. The van der Waals surface area contributed by atoms with Gasteiger partial charge in [0.25, 0.3) is 11.8 Å². The number of nitrogens with one attached hydrogen (secondary N) is 2. The molecule has 150 valence electrons. The number of para-hydroxylation sites is 1. The quantitative estimate of drug-likeness (QED) is 0.525. The molecule has 0 aliphatic carbocycles. The molecule has 0 bridgehead atoms. The molecule has 2 aromatic rings. The number of imide groups is 1. The molecule has 0 unspecified atom stereocenters. The molecular weight excluding hydrogens is 374 g/mol. The summed E-state index contributed by atoms with van der Waals surface area (Å²) in [5, 5.41) is 5.20. The van der Waals surface area contributed by atoms with Gasteiger partial charge in [0, 0.05) is 26.1 Å². The number of nitrogens with zero attached hydrogens (tertiary/aromatic N) is 1. The largest absolute Gasteiger partial charge is 0.412 e. The smallest absolute Gasteiger partial charge is 0.410 e. The third kappa shape index (κ3) is 5.19. The van der Waals surface area contributed by atoms with Gasteiger partial charge in [-0.15, -0.1) is 0 Å². The van der Waals surface area contributed by atoms with Crippen LogP contribution in [-0.4, -0.2) is 48.3 Å². The Kier molecular flexibility index (Phi) is 6.57. The lowest BCUT2D eigenvalue weighted by atomic mass is 10.1. The van der Waals surface area contributed by atoms with E-state index in [2.05, 4.69) is 10.6 Å². The summed E-state index contributed by atoms with van der Waals surface area (Å²) < 4.78 is 5.06. The lowest BCUT2D eigenvalue weighted by Crippen LogP contribution is -2.36. The fourth-order valence-corrected chi connectivity index (χ4v) is 2.93. The van der Waals surface area contributed by atoms with Gasteiger partial charge in [0.15, 0.2) is 0 Å². The second kappa shape index (κ2) is 9.50. The zero-order valence-electron chi connectivity index (χ0n) is 15.7. The third-order valence-corrected chi connectivity index (χ3v) is 4.33. The van der Waals surface area contributed by atoms with Crippen LogP contribution in [0.2, 0.25) is 0 Å². The van der Waals surface area contributed by atoms with Crippen molar-refractivity contribution in [2.24, 2.45) is 0 Å². The Morgan fingerprint density at radius 2 is 1.41 bits per heavy atom. The van der Waals surface area contributed by atoms with E-state index in [1.54, 1.807) is 48.5 Å². The molecule has 8 heteroatoms. The van der Waals surface area contributed by atoms with Crippen LogP contribution in [0.3, 0.4) is 0 Å². The Morgan fingerprint density at radius 3 is 2.07 bits per heavy atom. The first-order valence-electron chi connectivity index (χ1n) is 9.29. The molecule has 1 aliphatic heterocycles. The predicted molar refractivity (Wildman–Crippen MR) is 105 cm³/mol. The summed E-state index contributed by atoms with van der Waals surface area (Å²) in [4.78, 5) is 49.2. The minimum absolute atomic E-state index is 0.169. The normalized spacial score (nSPS) is 12.5. The van der Waals surface area contributed by atoms with Crippen molar-refractivity contribution in [3.05, 3.63) is 65.7 Å². The van der Waals surface area contributed by atoms with Gasteiger partial charge in [-0.25, -0.2) is 4.79 Å². The Morgan fingerprint density at radius 1 is 0.828 bits per heavy atom. The molecule has 4 amide bonds. The Balaban J connectivity index is 1.30. The SMILES string of the molecule is O=C(CCCN1C(=O)c2ccccc2C1=O)NCCNC(=O)Oc1ccccc1. The molecule has 0 aromatic heterocycles. The number of carbonyl (C=O) groups is 4. The van der Waals surface area contributed by atoms with Crippen LogP contribution in [0.4, 0.5) is 4.79 Å². The minimum Gasteiger partial charge on any atom is -0.410 e. The maximum atomic E-state index is 12.2. The number of hydrogen-bond acceptors (Lipinski definition) is 5. The molecule has 8 nitrogen and oxygen atoms in total. The van der Waals surface area contributed by atoms with Crippen molar-refractivity contribution in [3.63, 3.8) is 0 Å². The number of ether oxygens (including phenoxy) is 1. The summed E-state index contributed by atoms with van der Waals surface area (Å²) in [5.41, 5.74) is 0.797. The molecule has 1 aliphatic rings. The van der Waals surface area contributed by atoms with Crippen molar-refractivity contribution in [1.82, 2.24) is 15.5 Å². The van der Waals surface area contributed by atoms with E-state index in [0.29, 0.717) is 23.3 Å². The molecule has 0 atom stereocenters. The van der Waals surface area contributed by atoms with Gasteiger partial charge in [-0.2, -0.15) is 0 Å². The average Bonchev–Trinajstić information content (AvgIpc) is 2.97. The fourth-order valence-electron chi connectivity index (χ4n) is 2.93. The van der Waals surface area contributed by atoms with Gasteiger partial charge in [0.1, 0.15) is 5.75 Å². The first kappa shape index (κ1) is 20.1. The van der Waals surface area contributed by atoms with Crippen LogP contribution < -0.4 is 15.4 Å². The third-order valence-electron chi connectivity index (χ3n) is 4.33. The first-order chi connectivity index (χ1) is 14.1. The van der Waals surface area contributed by atoms with Crippen LogP contribution in [0.1, 0.15) is 33.6 Å². The second-order valence-corrected chi connectivity index (χ2v) is 6.39. The van der Waals surface area contributed by atoms with Crippen LogP contribution in [0, 0.1) is 0 Å². The van der Waals surface area contributed by atoms with Gasteiger partial charge >= 0.3 is 6.09 Å². The number of benzene rings is 2. The lowest BCUT2D eigenvalue weighted by Gasteiger charge is -2.13. The highest BCUT2D eigenvalue weighted by Gasteiger charge is 2.34. The molecule has 0 saturated heterocycles. The highest BCUT2D eigenvalue weighted by atomic mass is 16.6. The van der Waals surface area contributed by atoms with Crippen LogP contribution in [0.25, 0.3) is 0 Å². The second-order valence-electron chi connectivity index (χ2n) is 6.39. The highest BCUT2D eigenvalue weighted by Crippen LogP contribution is 2.22. The molecule has 29 heavy (non-hydrogen) atoms.